The van der Waals surface area contributed by atoms with Gasteiger partial charge in [-0.05, 0) is 50.4 Å². The third-order valence-electron chi connectivity index (χ3n) is 6.16. The standard InChI is InChI=1S/C22H40/c1-2-3-4-7-11-21-14-10-15-22(19-17-21)18-16-20-12-8-5-6-9-13-20/h19-21H,2-18H2,1H3. The summed E-state index contributed by atoms with van der Waals surface area (Å²) in [6.07, 6.45) is 27.6. The number of unbranched alkanes of at least 4 members (excludes halogenated alkanes) is 3. The van der Waals surface area contributed by atoms with Crippen LogP contribution in [-0.2, 0) is 0 Å². The summed E-state index contributed by atoms with van der Waals surface area (Å²) in [6, 6.07) is 0. The van der Waals surface area contributed by atoms with Gasteiger partial charge < -0.3 is 0 Å². The van der Waals surface area contributed by atoms with E-state index in [4.69, 9.17) is 0 Å². The molecule has 0 nitrogen and oxygen atoms in total. The fourth-order valence-corrected chi connectivity index (χ4v) is 4.56. The Kier molecular flexibility index (Phi) is 9.29. The molecular weight excluding hydrogens is 264 g/mol. The zero-order chi connectivity index (χ0) is 15.5. The van der Waals surface area contributed by atoms with Crippen molar-refractivity contribution in [1.82, 2.24) is 0 Å². The van der Waals surface area contributed by atoms with E-state index in [0.29, 0.717) is 0 Å². The average Bonchev–Trinajstić information content (AvgIpc) is 2.92. The molecule has 0 bridgehead atoms. The quantitative estimate of drug-likeness (QED) is 0.243. The molecule has 128 valence electrons. The van der Waals surface area contributed by atoms with Gasteiger partial charge in [-0.25, -0.2) is 0 Å². The van der Waals surface area contributed by atoms with E-state index in [9.17, 15) is 0 Å². The maximum Gasteiger partial charge on any atom is -0.0318 e. The van der Waals surface area contributed by atoms with E-state index >= 15 is 0 Å². The van der Waals surface area contributed by atoms with Crippen molar-refractivity contribution >= 4 is 0 Å². The summed E-state index contributed by atoms with van der Waals surface area (Å²) in [5, 5.41) is 0. The zero-order valence-electron chi connectivity index (χ0n) is 15.3. The van der Waals surface area contributed by atoms with E-state index in [1.807, 2.05) is 5.57 Å². The molecule has 1 fully saturated rings. The van der Waals surface area contributed by atoms with Crippen LogP contribution >= 0.6 is 0 Å². The number of allylic oxidation sites excluding steroid dienone is 2. The molecule has 2 aliphatic carbocycles. The van der Waals surface area contributed by atoms with Gasteiger partial charge >= 0.3 is 0 Å². The lowest BCUT2D eigenvalue weighted by atomic mass is 9.92. The predicted octanol–water partition coefficient (Wildman–Crippen LogP) is 7.82. The number of hydrogen-bond donors (Lipinski definition) is 0. The van der Waals surface area contributed by atoms with Crippen molar-refractivity contribution in [2.45, 2.75) is 116 Å². The lowest BCUT2D eigenvalue weighted by molar-refractivity contribution is 0.421. The number of hydrogen-bond acceptors (Lipinski definition) is 0. The van der Waals surface area contributed by atoms with Crippen LogP contribution in [-0.4, -0.2) is 0 Å². The molecule has 2 aliphatic rings. The van der Waals surface area contributed by atoms with Crippen molar-refractivity contribution in [1.29, 1.82) is 0 Å². The molecule has 0 aromatic heterocycles. The Hall–Kier alpha value is -0.260. The van der Waals surface area contributed by atoms with Crippen molar-refractivity contribution in [3.8, 4) is 0 Å². The highest BCUT2D eigenvalue weighted by molar-refractivity contribution is 5.04. The van der Waals surface area contributed by atoms with Crippen LogP contribution in [0.25, 0.3) is 0 Å². The molecule has 0 N–H and O–H groups in total. The monoisotopic (exact) mass is 304 g/mol. The Bertz CT molecular complexity index is 293. The summed E-state index contributed by atoms with van der Waals surface area (Å²) in [4.78, 5) is 0. The normalized spacial score (nSPS) is 24.6. The smallest absolute Gasteiger partial charge is 0.0318 e. The van der Waals surface area contributed by atoms with E-state index < -0.39 is 0 Å². The summed E-state index contributed by atoms with van der Waals surface area (Å²) in [6.45, 7) is 2.31. The summed E-state index contributed by atoms with van der Waals surface area (Å²) in [5.41, 5.74) is 1.82. The zero-order valence-corrected chi connectivity index (χ0v) is 15.3. The topological polar surface area (TPSA) is 0 Å². The van der Waals surface area contributed by atoms with Gasteiger partial charge in [0.15, 0.2) is 0 Å². The van der Waals surface area contributed by atoms with Gasteiger partial charge in [-0.3, -0.25) is 0 Å². The highest BCUT2D eigenvalue weighted by Gasteiger charge is 2.15. The van der Waals surface area contributed by atoms with Crippen LogP contribution in [0.4, 0.5) is 0 Å². The Balaban J connectivity index is 1.64. The molecule has 2 rings (SSSR count). The summed E-state index contributed by atoms with van der Waals surface area (Å²) < 4.78 is 0. The molecular formula is C22H40. The Morgan fingerprint density at radius 2 is 1.59 bits per heavy atom. The minimum Gasteiger partial charge on any atom is -0.0851 e. The second kappa shape index (κ2) is 11.3. The van der Waals surface area contributed by atoms with E-state index in [1.54, 1.807) is 0 Å². The number of rotatable bonds is 8. The van der Waals surface area contributed by atoms with E-state index in [2.05, 4.69) is 13.0 Å². The Labute approximate surface area is 140 Å². The maximum atomic E-state index is 2.66. The molecule has 0 amide bonds. The molecule has 0 radical (unpaired) electrons. The van der Waals surface area contributed by atoms with Gasteiger partial charge in [0.2, 0.25) is 0 Å². The molecule has 0 heteroatoms. The van der Waals surface area contributed by atoms with Crippen LogP contribution in [0.1, 0.15) is 116 Å². The first kappa shape index (κ1) is 18.1. The fourth-order valence-electron chi connectivity index (χ4n) is 4.56. The Morgan fingerprint density at radius 3 is 2.36 bits per heavy atom. The minimum atomic E-state index is 1.01. The van der Waals surface area contributed by atoms with Crippen molar-refractivity contribution in [3.05, 3.63) is 11.6 Å². The van der Waals surface area contributed by atoms with Crippen LogP contribution in [0, 0.1) is 11.8 Å². The van der Waals surface area contributed by atoms with Crippen LogP contribution in [0.3, 0.4) is 0 Å². The summed E-state index contributed by atoms with van der Waals surface area (Å²) >= 11 is 0. The predicted molar refractivity (Wildman–Crippen MR) is 99.2 cm³/mol. The SMILES string of the molecule is CCCCCCC1CC=C(CCC2CCCCCC2)CCC1. The third kappa shape index (κ3) is 7.34. The second-order valence-electron chi connectivity index (χ2n) is 8.10. The molecule has 22 heavy (non-hydrogen) atoms. The van der Waals surface area contributed by atoms with E-state index in [-0.39, 0.29) is 0 Å². The summed E-state index contributed by atoms with van der Waals surface area (Å²) in [5.74, 6) is 2.06. The molecule has 1 atom stereocenters. The molecule has 1 saturated carbocycles. The fraction of sp³-hybridized carbons (Fsp3) is 0.909. The van der Waals surface area contributed by atoms with E-state index in [0.717, 1.165) is 11.8 Å². The van der Waals surface area contributed by atoms with Gasteiger partial charge in [-0.15, -0.1) is 0 Å². The molecule has 0 saturated heterocycles. The molecule has 0 spiro atoms. The van der Waals surface area contributed by atoms with Crippen LogP contribution in [0.15, 0.2) is 11.6 Å². The van der Waals surface area contributed by atoms with Crippen molar-refractivity contribution < 1.29 is 0 Å². The van der Waals surface area contributed by atoms with Gasteiger partial charge in [0.25, 0.3) is 0 Å². The van der Waals surface area contributed by atoms with Crippen molar-refractivity contribution in [2.75, 3.05) is 0 Å². The average molecular weight is 305 g/mol. The molecule has 0 aromatic carbocycles. The van der Waals surface area contributed by atoms with Gasteiger partial charge in [0.05, 0.1) is 0 Å². The first-order valence-corrected chi connectivity index (χ1v) is 10.6. The molecule has 0 heterocycles. The first-order valence-electron chi connectivity index (χ1n) is 10.6. The van der Waals surface area contributed by atoms with Gasteiger partial charge in [0.1, 0.15) is 0 Å². The first-order chi connectivity index (χ1) is 10.9. The lowest BCUT2D eigenvalue weighted by Gasteiger charge is -2.14. The van der Waals surface area contributed by atoms with Crippen molar-refractivity contribution in [2.24, 2.45) is 11.8 Å². The highest BCUT2D eigenvalue weighted by Crippen LogP contribution is 2.32. The van der Waals surface area contributed by atoms with Crippen LogP contribution < -0.4 is 0 Å². The highest BCUT2D eigenvalue weighted by atomic mass is 14.2. The van der Waals surface area contributed by atoms with Gasteiger partial charge in [0, 0.05) is 0 Å². The third-order valence-corrected chi connectivity index (χ3v) is 6.16. The van der Waals surface area contributed by atoms with Gasteiger partial charge in [-0.2, -0.15) is 0 Å². The summed E-state index contributed by atoms with van der Waals surface area (Å²) in [7, 11) is 0. The second-order valence-corrected chi connectivity index (χ2v) is 8.10. The molecule has 1 unspecified atom stereocenters. The minimum absolute atomic E-state index is 1.01. The van der Waals surface area contributed by atoms with Crippen molar-refractivity contribution in [3.63, 3.8) is 0 Å². The molecule has 0 aliphatic heterocycles. The lowest BCUT2D eigenvalue weighted by Crippen LogP contribution is -1.99. The largest absolute Gasteiger partial charge is 0.0851 e. The van der Waals surface area contributed by atoms with Crippen LogP contribution in [0.5, 0.6) is 0 Å². The maximum absolute atomic E-state index is 2.66. The molecule has 0 aromatic rings. The van der Waals surface area contributed by atoms with Crippen LogP contribution in [0.2, 0.25) is 0 Å². The van der Waals surface area contributed by atoms with Gasteiger partial charge in [-0.1, -0.05) is 89.2 Å². The Morgan fingerprint density at radius 1 is 0.818 bits per heavy atom. The van der Waals surface area contributed by atoms with E-state index in [1.165, 1.54) is 109 Å².